The molecular formula is C19H29N. The normalized spacial score (nSPS) is 16.9. The predicted molar refractivity (Wildman–Crippen MR) is 88.3 cm³/mol. The molecule has 0 saturated carbocycles. The minimum atomic E-state index is 0.588. The Hall–Kier alpha value is -1.08. The van der Waals surface area contributed by atoms with Crippen molar-refractivity contribution in [3.63, 3.8) is 0 Å². The van der Waals surface area contributed by atoms with Gasteiger partial charge in [-0.15, -0.1) is 0 Å². The molecule has 1 aliphatic rings. The van der Waals surface area contributed by atoms with Crippen LogP contribution in [0.5, 0.6) is 0 Å². The second-order valence-corrected chi connectivity index (χ2v) is 6.20. The van der Waals surface area contributed by atoms with Gasteiger partial charge in [0.25, 0.3) is 0 Å². The summed E-state index contributed by atoms with van der Waals surface area (Å²) < 4.78 is 0. The van der Waals surface area contributed by atoms with Crippen LogP contribution in [0.3, 0.4) is 0 Å². The lowest BCUT2D eigenvalue weighted by molar-refractivity contribution is 0.503. The molecule has 2 rings (SSSR count). The second kappa shape index (κ2) is 7.64. The van der Waals surface area contributed by atoms with Crippen LogP contribution in [-0.4, -0.2) is 12.6 Å². The van der Waals surface area contributed by atoms with Gasteiger partial charge < -0.3 is 5.32 Å². The molecule has 1 unspecified atom stereocenters. The van der Waals surface area contributed by atoms with E-state index in [4.69, 9.17) is 0 Å². The molecule has 110 valence electrons. The third-order valence-corrected chi connectivity index (χ3v) is 4.36. The van der Waals surface area contributed by atoms with Crippen molar-refractivity contribution in [2.24, 2.45) is 0 Å². The highest BCUT2D eigenvalue weighted by Gasteiger charge is 2.14. The van der Waals surface area contributed by atoms with E-state index in [1.165, 1.54) is 48.8 Å². The summed E-state index contributed by atoms with van der Waals surface area (Å²) in [5, 5.41) is 3.68. The monoisotopic (exact) mass is 271 g/mol. The lowest BCUT2D eigenvalue weighted by Gasteiger charge is -2.22. The third kappa shape index (κ3) is 4.49. The van der Waals surface area contributed by atoms with E-state index in [0.717, 1.165) is 13.0 Å². The first-order valence-electron chi connectivity index (χ1n) is 8.16. The Morgan fingerprint density at radius 2 is 2.00 bits per heavy atom. The van der Waals surface area contributed by atoms with Crippen LogP contribution in [0.2, 0.25) is 0 Å². The zero-order valence-electron chi connectivity index (χ0n) is 13.3. The van der Waals surface area contributed by atoms with Gasteiger partial charge in [0, 0.05) is 6.04 Å². The summed E-state index contributed by atoms with van der Waals surface area (Å²) in [6.07, 6.45) is 10.2. The quantitative estimate of drug-likeness (QED) is 0.739. The SMILES string of the molecule is CCNC(CC1=CCCCC1)Cc1cc(C)ccc1C. The molecule has 1 heteroatoms. The molecule has 0 radical (unpaired) electrons. The summed E-state index contributed by atoms with van der Waals surface area (Å²) in [7, 11) is 0. The maximum absolute atomic E-state index is 3.68. The minimum Gasteiger partial charge on any atom is -0.314 e. The molecular weight excluding hydrogens is 242 g/mol. The molecule has 0 aliphatic heterocycles. The Morgan fingerprint density at radius 3 is 2.70 bits per heavy atom. The molecule has 1 nitrogen and oxygen atoms in total. The summed E-state index contributed by atoms with van der Waals surface area (Å²) in [4.78, 5) is 0. The number of allylic oxidation sites excluding steroid dienone is 1. The number of aryl methyl sites for hydroxylation is 2. The molecule has 1 N–H and O–H groups in total. The minimum absolute atomic E-state index is 0.588. The summed E-state index contributed by atoms with van der Waals surface area (Å²) in [5.41, 5.74) is 5.98. The fourth-order valence-corrected chi connectivity index (χ4v) is 3.20. The lowest BCUT2D eigenvalue weighted by atomic mass is 9.90. The van der Waals surface area contributed by atoms with Crippen molar-refractivity contribution >= 4 is 0 Å². The van der Waals surface area contributed by atoms with Crippen molar-refractivity contribution in [3.8, 4) is 0 Å². The molecule has 0 bridgehead atoms. The van der Waals surface area contributed by atoms with Crippen LogP contribution >= 0.6 is 0 Å². The van der Waals surface area contributed by atoms with E-state index in [1.54, 1.807) is 5.57 Å². The molecule has 0 saturated heterocycles. The van der Waals surface area contributed by atoms with Gasteiger partial charge in [-0.05, 0) is 70.0 Å². The molecule has 1 aromatic carbocycles. The Bertz CT molecular complexity index is 459. The van der Waals surface area contributed by atoms with Crippen molar-refractivity contribution in [2.75, 3.05) is 6.54 Å². The summed E-state index contributed by atoms with van der Waals surface area (Å²) >= 11 is 0. The average molecular weight is 271 g/mol. The fraction of sp³-hybridized carbons (Fsp3) is 0.579. The van der Waals surface area contributed by atoms with Gasteiger partial charge in [-0.25, -0.2) is 0 Å². The highest BCUT2D eigenvalue weighted by molar-refractivity contribution is 5.31. The second-order valence-electron chi connectivity index (χ2n) is 6.20. The molecule has 0 fully saturated rings. The first-order valence-corrected chi connectivity index (χ1v) is 8.16. The summed E-state index contributed by atoms with van der Waals surface area (Å²) in [5.74, 6) is 0. The van der Waals surface area contributed by atoms with Crippen molar-refractivity contribution in [2.45, 2.75) is 65.3 Å². The van der Waals surface area contributed by atoms with Gasteiger partial charge in [0.2, 0.25) is 0 Å². The van der Waals surface area contributed by atoms with Crippen LogP contribution in [0, 0.1) is 13.8 Å². The molecule has 0 aromatic heterocycles. The number of benzene rings is 1. The van der Waals surface area contributed by atoms with E-state index < -0.39 is 0 Å². The maximum Gasteiger partial charge on any atom is 0.0145 e. The van der Waals surface area contributed by atoms with E-state index >= 15 is 0 Å². The highest BCUT2D eigenvalue weighted by atomic mass is 14.9. The van der Waals surface area contributed by atoms with Gasteiger partial charge in [0.05, 0.1) is 0 Å². The number of rotatable bonds is 6. The molecule has 0 heterocycles. The van der Waals surface area contributed by atoms with Crippen LogP contribution in [0.1, 0.15) is 55.7 Å². The maximum atomic E-state index is 3.68. The van der Waals surface area contributed by atoms with E-state index in [9.17, 15) is 0 Å². The lowest BCUT2D eigenvalue weighted by Crippen LogP contribution is -2.31. The first-order chi connectivity index (χ1) is 9.69. The largest absolute Gasteiger partial charge is 0.314 e. The van der Waals surface area contributed by atoms with Crippen LogP contribution in [-0.2, 0) is 6.42 Å². The number of hydrogen-bond acceptors (Lipinski definition) is 1. The number of nitrogens with one attached hydrogen (secondary N) is 1. The molecule has 0 amide bonds. The fourth-order valence-electron chi connectivity index (χ4n) is 3.20. The van der Waals surface area contributed by atoms with Gasteiger partial charge >= 0.3 is 0 Å². The van der Waals surface area contributed by atoms with Gasteiger partial charge in [0.15, 0.2) is 0 Å². The topological polar surface area (TPSA) is 12.0 Å². The van der Waals surface area contributed by atoms with E-state index in [0.29, 0.717) is 6.04 Å². The van der Waals surface area contributed by atoms with Crippen molar-refractivity contribution in [3.05, 3.63) is 46.5 Å². The first kappa shape index (κ1) is 15.3. The molecule has 1 aliphatic carbocycles. The Kier molecular flexibility index (Phi) is 5.85. The van der Waals surface area contributed by atoms with Crippen LogP contribution < -0.4 is 5.32 Å². The van der Waals surface area contributed by atoms with Crippen molar-refractivity contribution in [1.82, 2.24) is 5.32 Å². The van der Waals surface area contributed by atoms with Gasteiger partial charge in [-0.1, -0.05) is 42.3 Å². The molecule has 1 atom stereocenters. The van der Waals surface area contributed by atoms with Gasteiger partial charge in [-0.2, -0.15) is 0 Å². The summed E-state index contributed by atoms with van der Waals surface area (Å²) in [6, 6.07) is 7.41. The standard InChI is InChI=1S/C19H29N/c1-4-20-19(13-17-8-6-5-7-9-17)14-18-12-15(2)10-11-16(18)3/h8,10-12,19-20H,4-7,9,13-14H2,1-3H3. The molecule has 0 spiro atoms. The van der Waals surface area contributed by atoms with E-state index in [1.807, 2.05) is 0 Å². The smallest absolute Gasteiger partial charge is 0.0145 e. The zero-order valence-corrected chi connectivity index (χ0v) is 13.3. The Morgan fingerprint density at radius 1 is 1.15 bits per heavy atom. The highest BCUT2D eigenvalue weighted by Crippen LogP contribution is 2.23. The number of likely N-dealkylation sites (N-methyl/N-ethyl adjacent to an activating group) is 1. The van der Waals surface area contributed by atoms with Crippen LogP contribution in [0.25, 0.3) is 0 Å². The Balaban J connectivity index is 2.04. The van der Waals surface area contributed by atoms with Crippen molar-refractivity contribution in [1.29, 1.82) is 0 Å². The molecule has 1 aromatic rings. The van der Waals surface area contributed by atoms with Crippen LogP contribution in [0.15, 0.2) is 29.8 Å². The van der Waals surface area contributed by atoms with E-state index in [2.05, 4.69) is 50.4 Å². The van der Waals surface area contributed by atoms with Crippen LogP contribution in [0.4, 0.5) is 0 Å². The number of hydrogen-bond donors (Lipinski definition) is 1. The zero-order chi connectivity index (χ0) is 14.4. The Labute approximate surface area is 124 Å². The molecule has 20 heavy (non-hydrogen) atoms. The van der Waals surface area contributed by atoms with Gasteiger partial charge in [-0.3, -0.25) is 0 Å². The third-order valence-electron chi connectivity index (χ3n) is 4.36. The van der Waals surface area contributed by atoms with Gasteiger partial charge in [0.1, 0.15) is 0 Å². The van der Waals surface area contributed by atoms with Crippen molar-refractivity contribution < 1.29 is 0 Å². The summed E-state index contributed by atoms with van der Waals surface area (Å²) in [6.45, 7) is 7.70. The average Bonchev–Trinajstić information content (AvgIpc) is 2.44. The predicted octanol–water partition coefficient (Wildman–Crippen LogP) is 4.71. The van der Waals surface area contributed by atoms with E-state index in [-0.39, 0.29) is 0 Å².